The maximum absolute atomic E-state index is 12.8. The van der Waals surface area contributed by atoms with Crippen LogP contribution in [0.15, 0.2) is 29.6 Å². The standard InChI is InChI=1S/C16H16F3N3OS/c1-10-7-21(2)12-5-3-4-6-13(12)22(8-10)14(23)11-9-24-15(20-11)16(17,18)19/h3-6,9-10H,7-8H2,1-2H3. The SMILES string of the molecule is CC1CN(C)c2ccccc2N(C(=O)c2csc(C(F)(F)F)n2)C1. The van der Waals surface area contributed by atoms with Crippen molar-refractivity contribution in [1.29, 1.82) is 0 Å². The second kappa shape index (κ2) is 6.08. The van der Waals surface area contributed by atoms with E-state index in [0.29, 0.717) is 23.6 Å². The molecule has 24 heavy (non-hydrogen) atoms. The first-order valence-corrected chi connectivity index (χ1v) is 8.30. The number of thiazole rings is 1. The van der Waals surface area contributed by atoms with Crippen LogP contribution in [0.25, 0.3) is 0 Å². The van der Waals surface area contributed by atoms with E-state index in [0.717, 1.165) is 12.2 Å². The van der Waals surface area contributed by atoms with Gasteiger partial charge in [-0.15, -0.1) is 11.3 Å². The number of amides is 1. The van der Waals surface area contributed by atoms with Gasteiger partial charge in [0.1, 0.15) is 5.69 Å². The van der Waals surface area contributed by atoms with Gasteiger partial charge in [0.15, 0.2) is 5.01 Å². The average Bonchev–Trinajstić information content (AvgIpc) is 2.97. The van der Waals surface area contributed by atoms with Crippen molar-refractivity contribution in [3.05, 3.63) is 40.3 Å². The zero-order valence-corrected chi connectivity index (χ0v) is 14.0. The summed E-state index contributed by atoms with van der Waals surface area (Å²) in [5.74, 6) is -0.330. The van der Waals surface area contributed by atoms with Gasteiger partial charge in [0, 0.05) is 25.5 Å². The smallest absolute Gasteiger partial charge is 0.373 e. The lowest BCUT2D eigenvalue weighted by atomic mass is 10.1. The number of nitrogens with zero attached hydrogens (tertiary/aromatic N) is 3. The van der Waals surface area contributed by atoms with E-state index < -0.39 is 17.1 Å². The summed E-state index contributed by atoms with van der Waals surface area (Å²) in [7, 11) is 1.94. The molecule has 2 heterocycles. The average molecular weight is 355 g/mol. The molecule has 1 aromatic heterocycles. The lowest BCUT2D eigenvalue weighted by Gasteiger charge is -2.23. The Morgan fingerprint density at radius 1 is 1.25 bits per heavy atom. The largest absolute Gasteiger partial charge is 0.443 e. The monoisotopic (exact) mass is 355 g/mol. The quantitative estimate of drug-likeness (QED) is 0.779. The minimum Gasteiger partial charge on any atom is -0.373 e. The first-order valence-electron chi connectivity index (χ1n) is 7.42. The zero-order chi connectivity index (χ0) is 17.5. The lowest BCUT2D eigenvalue weighted by molar-refractivity contribution is -0.137. The molecule has 1 unspecified atom stereocenters. The van der Waals surface area contributed by atoms with E-state index in [1.807, 2.05) is 32.2 Å². The van der Waals surface area contributed by atoms with Crippen LogP contribution in [0.4, 0.5) is 24.5 Å². The van der Waals surface area contributed by atoms with Gasteiger partial charge in [0.05, 0.1) is 11.4 Å². The summed E-state index contributed by atoms with van der Waals surface area (Å²) in [6.07, 6.45) is -4.53. The molecule has 1 atom stereocenters. The van der Waals surface area contributed by atoms with Crippen molar-refractivity contribution >= 4 is 28.6 Å². The first-order chi connectivity index (χ1) is 11.3. The van der Waals surface area contributed by atoms with Crippen LogP contribution in [-0.2, 0) is 6.18 Å². The van der Waals surface area contributed by atoms with E-state index in [1.165, 1.54) is 10.3 Å². The third kappa shape index (κ3) is 3.10. The van der Waals surface area contributed by atoms with Gasteiger partial charge < -0.3 is 9.80 Å². The molecular formula is C16H16F3N3OS. The van der Waals surface area contributed by atoms with Gasteiger partial charge in [-0.05, 0) is 18.1 Å². The van der Waals surface area contributed by atoms with E-state index in [-0.39, 0.29) is 11.6 Å². The van der Waals surface area contributed by atoms with Crippen LogP contribution < -0.4 is 9.80 Å². The molecule has 1 aliphatic heterocycles. The highest BCUT2D eigenvalue weighted by Gasteiger charge is 2.36. The molecule has 8 heteroatoms. The summed E-state index contributed by atoms with van der Waals surface area (Å²) < 4.78 is 38.2. The minimum absolute atomic E-state index is 0.168. The number of hydrogen-bond acceptors (Lipinski definition) is 4. The van der Waals surface area contributed by atoms with E-state index >= 15 is 0 Å². The molecule has 0 fully saturated rings. The number of fused-ring (bicyclic) bond motifs is 1. The van der Waals surface area contributed by atoms with Gasteiger partial charge in [0.25, 0.3) is 5.91 Å². The normalized spacial score (nSPS) is 18.3. The van der Waals surface area contributed by atoms with E-state index in [1.54, 1.807) is 6.07 Å². The molecule has 0 N–H and O–H groups in total. The molecule has 0 radical (unpaired) electrons. The van der Waals surface area contributed by atoms with E-state index in [4.69, 9.17) is 0 Å². The highest BCUT2D eigenvalue weighted by molar-refractivity contribution is 7.10. The predicted molar refractivity (Wildman–Crippen MR) is 87.7 cm³/mol. The van der Waals surface area contributed by atoms with Gasteiger partial charge >= 0.3 is 6.18 Å². The van der Waals surface area contributed by atoms with Crippen molar-refractivity contribution in [1.82, 2.24) is 4.98 Å². The Bertz CT molecular complexity index is 759. The molecule has 3 rings (SSSR count). The van der Waals surface area contributed by atoms with Crippen LogP contribution in [0.5, 0.6) is 0 Å². The maximum Gasteiger partial charge on any atom is 0.443 e. The van der Waals surface area contributed by atoms with Crippen molar-refractivity contribution < 1.29 is 18.0 Å². The second-order valence-electron chi connectivity index (χ2n) is 5.93. The molecule has 0 spiro atoms. The number of para-hydroxylation sites is 2. The van der Waals surface area contributed by atoms with E-state index in [2.05, 4.69) is 9.88 Å². The summed E-state index contributed by atoms with van der Waals surface area (Å²) in [6, 6.07) is 7.39. The number of anilines is 2. The molecule has 0 bridgehead atoms. The lowest BCUT2D eigenvalue weighted by Crippen LogP contribution is -2.35. The van der Waals surface area contributed by atoms with Crippen LogP contribution in [0.1, 0.15) is 22.4 Å². The van der Waals surface area contributed by atoms with Crippen LogP contribution in [0.3, 0.4) is 0 Å². The first kappa shape index (κ1) is 16.8. The van der Waals surface area contributed by atoms with Crippen molar-refractivity contribution in [2.24, 2.45) is 5.92 Å². The Kier molecular flexibility index (Phi) is 4.25. The maximum atomic E-state index is 12.8. The van der Waals surface area contributed by atoms with Crippen LogP contribution >= 0.6 is 11.3 Å². The molecule has 128 valence electrons. The molecule has 1 aromatic carbocycles. The van der Waals surface area contributed by atoms with E-state index in [9.17, 15) is 18.0 Å². The fourth-order valence-electron chi connectivity index (χ4n) is 2.88. The van der Waals surface area contributed by atoms with Crippen LogP contribution in [-0.4, -0.2) is 31.0 Å². The highest BCUT2D eigenvalue weighted by Crippen LogP contribution is 2.35. The third-order valence-electron chi connectivity index (χ3n) is 3.87. The number of aromatic nitrogens is 1. The number of carbonyl (C=O) groups is 1. The molecule has 4 nitrogen and oxygen atoms in total. The van der Waals surface area contributed by atoms with Crippen molar-refractivity contribution in [2.75, 3.05) is 29.9 Å². The Balaban J connectivity index is 1.99. The van der Waals surface area contributed by atoms with Crippen LogP contribution in [0.2, 0.25) is 0 Å². The summed E-state index contributed by atoms with van der Waals surface area (Å²) >= 11 is 0.443. The molecule has 0 saturated carbocycles. The Labute approximate surface area is 141 Å². The summed E-state index contributed by atoms with van der Waals surface area (Å²) in [5.41, 5.74) is 1.40. The van der Waals surface area contributed by atoms with Crippen LogP contribution in [0, 0.1) is 5.92 Å². The van der Waals surface area contributed by atoms with Crippen molar-refractivity contribution in [3.63, 3.8) is 0 Å². The molecule has 2 aromatic rings. The fraction of sp³-hybridized carbons (Fsp3) is 0.375. The predicted octanol–water partition coefficient (Wildman–Crippen LogP) is 3.89. The Hall–Kier alpha value is -2.09. The number of halogens is 3. The summed E-state index contributed by atoms with van der Waals surface area (Å²) in [5, 5.41) is 0.173. The van der Waals surface area contributed by atoms with Gasteiger partial charge in [-0.2, -0.15) is 13.2 Å². The van der Waals surface area contributed by atoms with Crippen molar-refractivity contribution in [2.45, 2.75) is 13.1 Å². The number of hydrogen-bond donors (Lipinski definition) is 0. The number of rotatable bonds is 1. The van der Waals surface area contributed by atoms with Gasteiger partial charge in [-0.1, -0.05) is 19.1 Å². The number of carbonyl (C=O) groups excluding carboxylic acids is 1. The fourth-order valence-corrected chi connectivity index (χ4v) is 3.54. The summed E-state index contributed by atoms with van der Waals surface area (Å²) in [6.45, 7) is 3.19. The highest BCUT2D eigenvalue weighted by atomic mass is 32.1. The Morgan fingerprint density at radius 3 is 2.54 bits per heavy atom. The van der Waals surface area contributed by atoms with Gasteiger partial charge in [-0.3, -0.25) is 4.79 Å². The van der Waals surface area contributed by atoms with Gasteiger partial charge in [0.2, 0.25) is 0 Å². The third-order valence-corrected chi connectivity index (χ3v) is 4.76. The Morgan fingerprint density at radius 2 is 1.92 bits per heavy atom. The van der Waals surface area contributed by atoms with Gasteiger partial charge in [-0.25, -0.2) is 4.98 Å². The molecule has 1 aliphatic rings. The van der Waals surface area contributed by atoms with Crippen molar-refractivity contribution in [3.8, 4) is 0 Å². The molecule has 0 aliphatic carbocycles. The molecule has 1 amide bonds. The second-order valence-corrected chi connectivity index (χ2v) is 6.78. The number of benzene rings is 1. The molecular weight excluding hydrogens is 339 g/mol. The topological polar surface area (TPSA) is 36.4 Å². The minimum atomic E-state index is -4.53. The molecule has 0 saturated heterocycles. The number of alkyl halides is 3. The summed E-state index contributed by atoms with van der Waals surface area (Å²) in [4.78, 5) is 19.9. The zero-order valence-electron chi connectivity index (χ0n) is 13.2.